The highest BCUT2D eigenvalue weighted by molar-refractivity contribution is 7.99. The number of anilines is 1. The fourth-order valence-corrected chi connectivity index (χ4v) is 2.93. The number of alkyl halides is 2. The van der Waals surface area contributed by atoms with Crippen LogP contribution in [0.15, 0.2) is 57.8 Å². The van der Waals surface area contributed by atoms with E-state index in [4.69, 9.17) is 4.42 Å². The molecule has 1 heterocycles. The fraction of sp³-hybridized carbons (Fsp3) is 0.118. The van der Waals surface area contributed by atoms with E-state index in [2.05, 4.69) is 5.32 Å². The average Bonchev–Trinajstić information content (AvgIpc) is 2.86. The number of para-hydroxylation sites is 2. The Labute approximate surface area is 135 Å². The molecule has 3 nitrogen and oxygen atoms in total. The number of thioether (sulfide) groups is 1. The number of carbonyl (C=O) groups is 1. The number of benzene rings is 2. The van der Waals surface area contributed by atoms with E-state index in [-0.39, 0.29) is 5.76 Å². The molecule has 0 bridgehead atoms. The summed E-state index contributed by atoms with van der Waals surface area (Å²) in [5.74, 6) is -2.83. The molecule has 0 unspecified atom stereocenters. The third kappa shape index (κ3) is 3.22. The second kappa shape index (κ2) is 6.42. The Morgan fingerprint density at radius 3 is 2.57 bits per heavy atom. The molecule has 0 saturated carbocycles. The Bertz CT molecular complexity index is 861. The van der Waals surface area contributed by atoms with Gasteiger partial charge in [0.25, 0.3) is 11.7 Å². The third-order valence-corrected chi connectivity index (χ3v) is 4.19. The zero-order valence-corrected chi connectivity index (χ0v) is 13.0. The number of carbonyl (C=O) groups excluding carboxylic acids is 1. The molecule has 0 aliphatic heterocycles. The molecule has 0 aliphatic carbocycles. The minimum absolute atomic E-state index is 0.183. The number of nitrogens with one attached hydrogen (secondary N) is 1. The lowest BCUT2D eigenvalue weighted by Gasteiger charge is -2.09. The lowest BCUT2D eigenvalue weighted by atomic mass is 10.1. The van der Waals surface area contributed by atoms with Crippen molar-refractivity contribution in [3.05, 3.63) is 59.9 Å². The summed E-state index contributed by atoms with van der Waals surface area (Å²) >= 11 is 0.393. The molecule has 1 aromatic heterocycles. The van der Waals surface area contributed by atoms with Gasteiger partial charge in [0, 0.05) is 15.8 Å². The summed E-state index contributed by atoms with van der Waals surface area (Å²) in [6, 6.07) is 13.8. The molecule has 0 atom stereocenters. The van der Waals surface area contributed by atoms with Gasteiger partial charge in [-0.1, -0.05) is 42.1 Å². The standard InChI is InChI=1S/C17H13F2NO2S/c1-10-11-6-2-4-8-13(11)22-15(10)16(21)20-12-7-3-5-9-14(12)23-17(18)19/h2-9,17H,1H3,(H,20,21). The van der Waals surface area contributed by atoms with Crippen molar-refractivity contribution in [2.75, 3.05) is 5.32 Å². The molecule has 118 valence electrons. The summed E-state index contributed by atoms with van der Waals surface area (Å²) in [5.41, 5.74) is 1.67. The predicted octanol–water partition coefficient (Wildman–Crippen LogP) is 5.31. The molecule has 3 aromatic rings. The number of furan rings is 1. The van der Waals surface area contributed by atoms with Crippen molar-refractivity contribution in [2.24, 2.45) is 0 Å². The molecule has 1 amide bonds. The molecule has 0 aliphatic rings. The lowest BCUT2D eigenvalue weighted by molar-refractivity contribution is 0.0997. The van der Waals surface area contributed by atoms with Gasteiger partial charge in [0.15, 0.2) is 5.76 Å². The van der Waals surface area contributed by atoms with Crippen LogP contribution in [-0.2, 0) is 0 Å². The summed E-state index contributed by atoms with van der Waals surface area (Å²) in [6.45, 7) is 1.79. The van der Waals surface area contributed by atoms with Crippen molar-refractivity contribution < 1.29 is 18.0 Å². The molecule has 3 rings (SSSR count). The van der Waals surface area contributed by atoms with E-state index in [0.717, 1.165) is 10.9 Å². The second-order valence-electron chi connectivity index (χ2n) is 4.88. The Morgan fingerprint density at radius 1 is 1.13 bits per heavy atom. The first-order chi connectivity index (χ1) is 11.1. The number of aryl methyl sites for hydroxylation is 1. The number of hydrogen-bond donors (Lipinski definition) is 1. The zero-order chi connectivity index (χ0) is 16.4. The summed E-state index contributed by atoms with van der Waals surface area (Å²) < 4.78 is 30.8. The van der Waals surface area contributed by atoms with Crippen molar-refractivity contribution in [3.63, 3.8) is 0 Å². The summed E-state index contributed by atoms with van der Waals surface area (Å²) in [4.78, 5) is 12.8. The molecule has 23 heavy (non-hydrogen) atoms. The second-order valence-corrected chi connectivity index (χ2v) is 5.91. The molecule has 0 radical (unpaired) electrons. The number of fused-ring (bicyclic) bond motifs is 1. The highest BCUT2D eigenvalue weighted by Gasteiger charge is 2.19. The van der Waals surface area contributed by atoms with Gasteiger partial charge in [-0.2, -0.15) is 8.78 Å². The normalized spacial score (nSPS) is 11.1. The highest BCUT2D eigenvalue weighted by atomic mass is 32.2. The Morgan fingerprint density at radius 2 is 1.83 bits per heavy atom. The van der Waals surface area contributed by atoms with Crippen LogP contribution in [0.1, 0.15) is 16.1 Å². The van der Waals surface area contributed by atoms with Crippen LogP contribution >= 0.6 is 11.8 Å². The number of rotatable bonds is 4. The minimum Gasteiger partial charge on any atom is -0.451 e. The third-order valence-electron chi connectivity index (χ3n) is 3.40. The van der Waals surface area contributed by atoms with Crippen LogP contribution in [0.3, 0.4) is 0 Å². The Balaban J connectivity index is 1.91. The van der Waals surface area contributed by atoms with Gasteiger partial charge in [0.1, 0.15) is 5.58 Å². The summed E-state index contributed by atoms with van der Waals surface area (Å²) in [6.07, 6.45) is 0. The van der Waals surface area contributed by atoms with Gasteiger partial charge >= 0.3 is 0 Å². The van der Waals surface area contributed by atoms with Gasteiger partial charge in [-0.25, -0.2) is 0 Å². The van der Waals surface area contributed by atoms with E-state index >= 15 is 0 Å². The monoisotopic (exact) mass is 333 g/mol. The molecule has 0 saturated heterocycles. The molecule has 2 aromatic carbocycles. The smallest absolute Gasteiger partial charge is 0.291 e. The quantitative estimate of drug-likeness (QED) is 0.658. The summed E-state index contributed by atoms with van der Waals surface area (Å²) in [7, 11) is 0. The minimum atomic E-state index is -2.55. The van der Waals surface area contributed by atoms with Crippen molar-refractivity contribution in [1.29, 1.82) is 0 Å². The van der Waals surface area contributed by atoms with Gasteiger partial charge in [0.2, 0.25) is 0 Å². The van der Waals surface area contributed by atoms with Crippen LogP contribution in [0.4, 0.5) is 14.5 Å². The van der Waals surface area contributed by atoms with Gasteiger partial charge in [-0.3, -0.25) is 4.79 Å². The van der Waals surface area contributed by atoms with E-state index < -0.39 is 11.7 Å². The number of hydrogen-bond acceptors (Lipinski definition) is 3. The Kier molecular flexibility index (Phi) is 4.34. The Hall–Kier alpha value is -2.34. The molecule has 6 heteroatoms. The first kappa shape index (κ1) is 15.6. The van der Waals surface area contributed by atoms with Gasteiger partial charge in [0.05, 0.1) is 5.69 Å². The number of amides is 1. The van der Waals surface area contributed by atoms with Crippen LogP contribution in [0.2, 0.25) is 0 Å². The number of halogens is 2. The van der Waals surface area contributed by atoms with E-state index in [1.165, 1.54) is 6.07 Å². The van der Waals surface area contributed by atoms with E-state index in [9.17, 15) is 13.6 Å². The van der Waals surface area contributed by atoms with Crippen molar-refractivity contribution in [1.82, 2.24) is 0 Å². The molecular formula is C17H13F2NO2S. The van der Waals surface area contributed by atoms with Crippen LogP contribution in [0.25, 0.3) is 11.0 Å². The maximum absolute atomic E-state index is 12.6. The molecule has 1 N–H and O–H groups in total. The van der Waals surface area contributed by atoms with Crippen LogP contribution < -0.4 is 5.32 Å². The first-order valence-electron chi connectivity index (χ1n) is 6.89. The summed E-state index contributed by atoms with van der Waals surface area (Å²) in [5, 5.41) is 3.50. The van der Waals surface area contributed by atoms with Crippen LogP contribution in [-0.4, -0.2) is 11.7 Å². The first-order valence-corrected chi connectivity index (χ1v) is 7.77. The molecule has 0 fully saturated rings. The van der Waals surface area contributed by atoms with E-state index in [1.54, 1.807) is 31.2 Å². The van der Waals surface area contributed by atoms with Crippen molar-refractivity contribution >= 4 is 34.3 Å². The van der Waals surface area contributed by atoms with Crippen LogP contribution in [0.5, 0.6) is 0 Å². The maximum atomic E-state index is 12.6. The van der Waals surface area contributed by atoms with E-state index in [1.807, 2.05) is 18.2 Å². The van der Waals surface area contributed by atoms with Crippen molar-refractivity contribution in [3.8, 4) is 0 Å². The topological polar surface area (TPSA) is 42.2 Å². The fourth-order valence-electron chi connectivity index (χ4n) is 2.34. The molecular weight excluding hydrogens is 320 g/mol. The van der Waals surface area contributed by atoms with Gasteiger partial charge in [-0.15, -0.1) is 0 Å². The molecule has 0 spiro atoms. The SMILES string of the molecule is Cc1c(C(=O)Nc2ccccc2SC(F)F)oc2ccccc12. The van der Waals surface area contributed by atoms with Gasteiger partial charge in [-0.05, 0) is 25.1 Å². The largest absolute Gasteiger partial charge is 0.451 e. The van der Waals surface area contributed by atoms with Crippen molar-refractivity contribution in [2.45, 2.75) is 17.6 Å². The highest BCUT2D eigenvalue weighted by Crippen LogP contribution is 2.32. The van der Waals surface area contributed by atoms with Crippen LogP contribution in [0, 0.1) is 6.92 Å². The maximum Gasteiger partial charge on any atom is 0.291 e. The van der Waals surface area contributed by atoms with Gasteiger partial charge < -0.3 is 9.73 Å². The zero-order valence-electron chi connectivity index (χ0n) is 12.2. The lowest BCUT2D eigenvalue weighted by Crippen LogP contribution is -2.12. The average molecular weight is 333 g/mol. The van der Waals surface area contributed by atoms with E-state index in [0.29, 0.717) is 27.9 Å². The predicted molar refractivity (Wildman–Crippen MR) is 87.2 cm³/mol.